The second-order valence-corrected chi connectivity index (χ2v) is 5.01. The van der Waals surface area contributed by atoms with E-state index in [-0.39, 0.29) is 17.7 Å². The number of phenolic OH excluding ortho intramolecular Hbond substituents is 1. The first-order chi connectivity index (χ1) is 8.36. The smallest absolute Gasteiger partial charge is 0.247 e. The molecule has 0 atom stereocenters. The average Bonchev–Trinajstić information content (AvgIpc) is 2.30. The fourth-order valence-electron chi connectivity index (χ4n) is 1.83. The summed E-state index contributed by atoms with van der Waals surface area (Å²) in [7, 11) is 0. The van der Waals surface area contributed by atoms with E-state index in [2.05, 4.69) is 11.9 Å². The highest BCUT2D eigenvalue weighted by atomic mass is 16.3. The van der Waals surface area contributed by atoms with Gasteiger partial charge >= 0.3 is 0 Å². The van der Waals surface area contributed by atoms with E-state index in [1.54, 1.807) is 0 Å². The predicted molar refractivity (Wildman–Crippen MR) is 75.1 cm³/mol. The van der Waals surface area contributed by atoms with Crippen molar-refractivity contribution in [2.75, 3.05) is 5.32 Å². The topological polar surface area (TPSA) is 49.3 Å². The van der Waals surface area contributed by atoms with Crippen LogP contribution in [0.15, 0.2) is 24.8 Å². The Bertz CT molecular complexity index is 433. The van der Waals surface area contributed by atoms with E-state index in [9.17, 15) is 9.90 Å². The zero-order valence-electron chi connectivity index (χ0n) is 11.4. The van der Waals surface area contributed by atoms with E-state index in [4.69, 9.17) is 0 Å². The third-order valence-corrected chi connectivity index (χ3v) is 2.87. The molecule has 0 saturated heterocycles. The predicted octanol–water partition coefficient (Wildman–Crippen LogP) is 3.76. The molecule has 3 nitrogen and oxygen atoms in total. The normalized spacial score (nSPS) is 10.8. The van der Waals surface area contributed by atoms with Crippen LogP contribution in [0.5, 0.6) is 5.75 Å². The largest absolute Gasteiger partial charge is 0.507 e. The van der Waals surface area contributed by atoms with Gasteiger partial charge in [-0.25, -0.2) is 0 Å². The number of carbonyl (C=O) groups is 1. The van der Waals surface area contributed by atoms with Crippen LogP contribution in [-0.2, 0) is 4.79 Å². The molecule has 2 N–H and O–H groups in total. The standard InChI is InChI=1S/C15H21NO2/c1-6-14(17)16-11-7-12(9(2)3)15(18)13(8-11)10(4)5/h6-10,18H,1H2,2-5H3,(H,16,17). The van der Waals surface area contributed by atoms with Gasteiger partial charge in [-0.2, -0.15) is 0 Å². The van der Waals surface area contributed by atoms with E-state index in [0.29, 0.717) is 11.4 Å². The highest BCUT2D eigenvalue weighted by Gasteiger charge is 2.15. The summed E-state index contributed by atoms with van der Waals surface area (Å²) < 4.78 is 0. The number of anilines is 1. The molecule has 0 aliphatic carbocycles. The molecular formula is C15H21NO2. The molecule has 0 radical (unpaired) electrons. The molecule has 0 unspecified atom stereocenters. The summed E-state index contributed by atoms with van der Waals surface area (Å²) in [5, 5.41) is 13.0. The third kappa shape index (κ3) is 3.13. The number of rotatable bonds is 4. The molecule has 0 aliphatic heterocycles. The van der Waals surface area contributed by atoms with Crippen LogP contribution in [0.3, 0.4) is 0 Å². The molecular weight excluding hydrogens is 226 g/mol. The Morgan fingerprint density at radius 1 is 1.22 bits per heavy atom. The van der Waals surface area contributed by atoms with E-state index in [1.165, 1.54) is 6.08 Å². The van der Waals surface area contributed by atoms with Gasteiger partial charge in [0.2, 0.25) is 5.91 Å². The van der Waals surface area contributed by atoms with Gasteiger partial charge in [-0.3, -0.25) is 4.79 Å². The lowest BCUT2D eigenvalue weighted by molar-refractivity contribution is -0.111. The van der Waals surface area contributed by atoms with Crippen molar-refractivity contribution in [2.45, 2.75) is 39.5 Å². The minimum atomic E-state index is -0.245. The Kier molecular flexibility index (Phi) is 4.54. The molecule has 0 saturated carbocycles. The highest BCUT2D eigenvalue weighted by Crippen LogP contribution is 2.36. The summed E-state index contributed by atoms with van der Waals surface area (Å²) in [5.41, 5.74) is 2.39. The first kappa shape index (κ1) is 14.3. The van der Waals surface area contributed by atoms with E-state index in [0.717, 1.165) is 11.1 Å². The molecule has 1 aromatic rings. The Balaban J connectivity index is 3.28. The minimum Gasteiger partial charge on any atom is -0.507 e. The number of hydrogen-bond donors (Lipinski definition) is 2. The maximum atomic E-state index is 11.3. The summed E-state index contributed by atoms with van der Waals surface area (Å²) in [6.45, 7) is 11.5. The molecule has 0 aliphatic rings. The molecule has 0 bridgehead atoms. The average molecular weight is 247 g/mol. The van der Waals surface area contributed by atoms with Crippen LogP contribution in [0.1, 0.15) is 50.7 Å². The van der Waals surface area contributed by atoms with Crippen molar-refractivity contribution in [2.24, 2.45) is 0 Å². The van der Waals surface area contributed by atoms with Crippen LogP contribution >= 0.6 is 0 Å². The van der Waals surface area contributed by atoms with Crippen LogP contribution in [0.2, 0.25) is 0 Å². The van der Waals surface area contributed by atoms with Gasteiger partial charge < -0.3 is 10.4 Å². The van der Waals surface area contributed by atoms with E-state index in [1.807, 2.05) is 39.8 Å². The first-order valence-corrected chi connectivity index (χ1v) is 6.17. The van der Waals surface area contributed by atoms with Gasteiger partial charge in [-0.05, 0) is 41.2 Å². The van der Waals surface area contributed by atoms with Crippen molar-refractivity contribution in [1.29, 1.82) is 0 Å². The maximum absolute atomic E-state index is 11.3. The molecule has 1 rings (SSSR count). The second kappa shape index (κ2) is 5.71. The summed E-state index contributed by atoms with van der Waals surface area (Å²) in [6, 6.07) is 3.63. The van der Waals surface area contributed by atoms with Gasteiger partial charge in [0.25, 0.3) is 0 Å². The molecule has 0 aromatic heterocycles. The Morgan fingerprint density at radius 2 is 1.67 bits per heavy atom. The highest BCUT2D eigenvalue weighted by molar-refractivity contribution is 5.99. The fraction of sp³-hybridized carbons (Fsp3) is 0.400. The molecule has 3 heteroatoms. The monoisotopic (exact) mass is 247 g/mol. The summed E-state index contributed by atoms with van der Waals surface area (Å²) >= 11 is 0. The van der Waals surface area contributed by atoms with Crippen molar-refractivity contribution < 1.29 is 9.90 Å². The summed E-state index contributed by atoms with van der Waals surface area (Å²) in [4.78, 5) is 11.3. The molecule has 98 valence electrons. The zero-order chi connectivity index (χ0) is 13.9. The van der Waals surface area contributed by atoms with Gasteiger partial charge in [0.1, 0.15) is 5.75 Å². The Morgan fingerprint density at radius 3 is 2.00 bits per heavy atom. The summed E-state index contributed by atoms with van der Waals surface area (Å²) in [6.07, 6.45) is 1.23. The number of nitrogens with one attached hydrogen (secondary N) is 1. The molecule has 18 heavy (non-hydrogen) atoms. The van der Waals surface area contributed by atoms with Crippen LogP contribution in [0, 0.1) is 0 Å². The number of carbonyl (C=O) groups excluding carboxylic acids is 1. The molecule has 0 spiro atoms. The van der Waals surface area contributed by atoms with Gasteiger partial charge in [0.05, 0.1) is 0 Å². The lowest BCUT2D eigenvalue weighted by Gasteiger charge is -2.17. The van der Waals surface area contributed by atoms with E-state index >= 15 is 0 Å². The van der Waals surface area contributed by atoms with Crippen molar-refractivity contribution in [3.8, 4) is 5.75 Å². The summed E-state index contributed by atoms with van der Waals surface area (Å²) in [5.74, 6) is 0.480. The minimum absolute atomic E-state index is 0.197. The van der Waals surface area contributed by atoms with Crippen LogP contribution in [-0.4, -0.2) is 11.0 Å². The number of aromatic hydroxyl groups is 1. The first-order valence-electron chi connectivity index (χ1n) is 6.17. The quantitative estimate of drug-likeness (QED) is 0.628. The van der Waals surface area contributed by atoms with Gasteiger partial charge in [-0.15, -0.1) is 0 Å². The SMILES string of the molecule is C=CC(=O)Nc1cc(C(C)C)c(O)c(C(C)C)c1. The van der Waals surface area contributed by atoms with Crippen LogP contribution in [0.25, 0.3) is 0 Å². The zero-order valence-corrected chi connectivity index (χ0v) is 11.4. The lowest BCUT2D eigenvalue weighted by Crippen LogP contribution is -2.09. The molecule has 1 aromatic carbocycles. The lowest BCUT2D eigenvalue weighted by atomic mass is 9.93. The van der Waals surface area contributed by atoms with Crippen LogP contribution in [0.4, 0.5) is 5.69 Å². The Hall–Kier alpha value is -1.77. The van der Waals surface area contributed by atoms with Crippen molar-refractivity contribution in [3.63, 3.8) is 0 Å². The number of benzene rings is 1. The van der Waals surface area contributed by atoms with Gasteiger partial charge in [0.15, 0.2) is 0 Å². The second-order valence-electron chi connectivity index (χ2n) is 5.01. The molecule has 1 amide bonds. The van der Waals surface area contributed by atoms with Crippen molar-refractivity contribution in [1.82, 2.24) is 0 Å². The van der Waals surface area contributed by atoms with Crippen molar-refractivity contribution in [3.05, 3.63) is 35.9 Å². The maximum Gasteiger partial charge on any atom is 0.247 e. The van der Waals surface area contributed by atoms with Crippen molar-refractivity contribution >= 4 is 11.6 Å². The molecule has 0 fully saturated rings. The number of phenols is 1. The fourth-order valence-corrected chi connectivity index (χ4v) is 1.83. The van der Waals surface area contributed by atoms with Gasteiger partial charge in [-0.1, -0.05) is 34.3 Å². The number of hydrogen-bond acceptors (Lipinski definition) is 2. The molecule has 0 heterocycles. The van der Waals surface area contributed by atoms with Crippen LogP contribution < -0.4 is 5.32 Å². The third-order valence-electron chi connectivity index (χ3n) is 2.87. The van der Waals surface area contributed by atoms with E-state index < -0.39 is 0 Å². The number of amides is 1. The van der Waals surface area contributed by atoms with Gasteiger partial charge in [0, 0.05) is 5.69 Å². The Labute approximate surface area is 109 Å².